The highest BCUT2D eigenvalue weighted by molar-refractivity contribution is 5.98. The number of carbonyl (C=O) groups is 3. The van der Waals surface area contributed by atoms with Crippen LogP contribution in [-0.2, 0) is 9.53 Å². The van der Waals surface area contributed by atoms with Gasteiger partial charge in [0.25, 0.3) is 5.91 Å². The molecule has 32 heavy (non-hydrogen) atoms. The summed E-state index contributed by atoms with van der Waals surface area (Å²) in [4.78, 5) is 39.3. The zero-order chi connectivity index (χ0) is 22.6. The molecule has 8 heteroatoms. The fraction of sp³-hybridized carbons (Fsp3) is 0.375. The van der Waals surface area contributed by atoms with E-state index in [-0.39, 0.29) is 30.9 Å². The minimum absolute atomic E-state index is 0.0529. The summed E-state index contributed by atoms with van der Waals surface area (Å²) in [5.74, 6) is 0.0345. The minimum atomic E-state index is -0.814. The number of nitrogens with one attached hydrogen (secondary N) is 2. The Balaban J connectivity index is 1.40. The van der Waals surface area contributed by atoms with Crippen LogP contribution < -0.4 is 15.4 Å². The van der Waals surface area contributed by atoms with Crippen molar-refractivity contribution in [3.63, 3.8) is 0 Å². The monoisotopic (exact) mass is 437 g/mol. The van der Waals surface area contributed by atoms with E-state index in [1.165, 1.54) is 0 Å². The molecule has 1 saturated heterocycles. The number of hydrogen-bond acceptors (Lipinski definition) is 5. The summed E-state index contributed by atoms with van der Waals surface area (Å²) in [6.45, 7) is 2.86. The molecule has 1 fully saturated rings. The molecule has 0 aromatic heterocycles. The van der Waals surface area contributed by atoms with Crippen LogP contribution in [0.15, 0.2) is 54.6 Å². The Kier molecular flexibility index (Phi) is 6.30. The van der Waals surface area contributed by atoms with Gasteiger partial charge in [-0.1, -0.05) is 42.5 Å². The van der Waals surface area contributed by atoms with Gasteiger partial charge in [-0.3, -0.25) is 9.59 Å². The van der Waals surface area contributed by atoms with Crippen LogP contribution in [0.5, 0.6) is 5.75 Å². The molecule has 2 heterocycles. The maximum absolute atomic E-state index is 13.0. The van der Waals surface area contributed by atoms with Gasteiger partial charge < -0.3 is 25.0 Å². The normalized spacial score (nSPS) is 17.5. The van der Waals surface area contributed by atoms with Crippen molar-refractivity contribution >= 4 is 17.9 Å². The fourth-order valence-electron chi connectivity index (χ4n) is 4.12. The van der Waals surface area contributed by atoms with Gasteiger partial charge in [-0.2, -0.15) is 0 Å². The van der Waals surface area contributed by atoms with E-state index in [1.807, 2.05) is 36.4 Å². The predicted molar refractivity (Wildman–Crippen MR) is 117 cm³/mol. The number of benzene rings is 2. The van der Waals surface area contributed by atoms with E-state index in [4.69, 9.17) is 9.47 Å². The summed E-state index contributed by atoms with van der Waals surface area (Å²) < 4.78 is 11.2. The number of rotatable bonds is 5. The molecule has 8 nitrogen and oxygen atoms in total. The van der Waals surface area contributed by atoms with Crippen LogP contribution in [0.1, 0.15) is 48.1 Å². The van der Waals surface area contributed by atoms with Gasteiger partial charge in [-0.25, -0.2) is 4.79 Å². The largest absolute Gasteiger partial charge is 0.467 e. The first-order chi connectivity index (χ1) is 15.5. The average Bonchev–Trinajstić information content (AvgIpc) is 2.80. The van der Waals surface area contributed by atoms with Crippen molar-refractivity contribution in [2.45, 2.75) is 38.0 Å². The first kappa shape index (κ1) is 21.7. The highest BCUT2D eigenvalue weighted by Gasteiger charge is 2.43. The Bertz CT molecular complexity index is 986. The number of amides is 3. The molecule has 3 amide bonds. The topological polar surface area (TPSA) is 97.0 Å². The van der Waals surface area contributed by atoms with Gasteiger partial charge in [0.1, 0.15) is 5.75 Å². The molecule has 0 saturated carbocycles. The average molecular weight is 437 g/mol. The van der Waals surface area contributed by atoms with E-state index in [0.29, 0.717) is 37.2 Å². The molecule has 2 aliphatic rings. The number of hydrogen-bond donors (Lipinski definition) is 2. The fourth-order valence-corrected chi connectivity index (χ4v) is 4.12. The minimum Gasteiger partial charge on any atom is -0.467 e. The van der Waals surface area contributed by atoms with Crippen LogP contribution in [0.3, 0.4) is 0 Å². The number of fused-ring (bicyclic) bond motifs is 1. The second kappa shape index (κ2) is 9.30. The van der Waals surface area contributed by atoms with Gasteiger partial charge in [0, 0.05) is 25.9 Å². The van der Waals surface area contributed by atoms with Crippen molar-refractivity contribution in [1.82, 2.24) is 15.5 Å². The molecule has 1 atom stereocenters. The smallest absolute Gasteiger partial charge is 0.317 e. The molecule has 2 aromatic rings. The Morgan fingerprint density at radius 2 is 1.81 bits per heavy atom. The summed E-state index contributed by atoms with van der Waals surface area (Å²) in [5.41, 5.74) is 0.538. The molecule has 1 unspecified atom stereocenters. The van der Waals surface area contributed by atoms with Crippen LogP contribution in [0, 0.1) is 0 Å². The lowest BCUT2D eigenvalue weighted by molar-refractivity contribution is -0.143. The third kappa shape index (κ3) is 4.69. The Labute approximate surface area is 186 Å². The maximum Gasteiger partial charge on any atom is 0.317 e. The third-order valence-corrected chi connectivity index (χ3v) is 5.81. The highest BCUT2D eigenvalue weighted by atomic mass is 16.5. The molecule has 0 bridgehead atoms. The van der Waals surface area contributed by atoms with E-state index in [0.717, 1.165) is 5.56 Å². The van der Waals surface area contributed by atoms with E-state index < -0.39 is 11.8 Å². The first-order valence-electron chi connectivity index (χ1n) is 10.9. The summed E-state index contributed by atoms with van der Waals surface area (Å²) in [7, 11) is 0. The molecule has 0 aliphatic carbocycles. The molecule has 168 valence electrons. The van der Waals surface area contributed by atoms with Crippen molar-refractivity contribution in [3.05, 3.63) is 65.7 Å². The first-order valence-corrected chi connectivity index (χ1v) is 10.9. The molecule has 1 spiro atoms. The lowest BCUT2D eigenvalue weighted by Crippen LogP contribution is -2.62. The van der Waals surface area contributed by atoms with Crippen molar-refractivity contribution in [1.29, 1.82) is 0 Å². The third-order valence-electron chi connectivity index (χ3n) is 5.81. The number of piperidine rings is 1. The Morgan fingerprint density at radius 3 is 2.53 bits per heavy atom. The van der Waals surface area contributed by atoms with E-state index in [9.17, 15) is 14.4 Å². The van der Waals surface area contributed by atoms with Gasteiger partial charge in [-0.15, -0.1) is 0 Å². The number of urea groups is 1. The van der Waals surface area contributed by atoms with Crippen molar-refractivity contribution in [3.8, 4) is 5.75 Å². The van der Waals surface area contributed by atoms with Crippen molar-refractivity contribution in [2.24, 2.45) is 0 Å². The maximum atomic E-state index is 13.0. The predicted octanol–water partition coefficient (Wildman–Crippen LogP) is 3.01. The number of esters is 1. The van der Waals surface area contributed by atoms with Crippen LogP contribution in [-0.4, -0.2) is 48.2 Å². The standard InChI is InChI=1S/C24H27N3O5/c1-2-31-21(28)16-19(17-8-4-3-5-9-17)25-23(30)27-14-12-24(13-15-27)26-22(29)18-10-6-7-11-20(18)32-24/h3-11,19H,2,12-16H2,1H3,(H,25,30)(H,26,29). The molecule has 0 radical (unpaired) electrons. The van der Waals surface area contributed by atoms with Crippen LogP contribution >= 0.6 is 0 Å². The zero-order valence-corrected chi connectivity index (χ0v) is 18.0. The molecular formula is C24H27N3O5. The summed E-state index contributed by atoms with van der Waals surface area (Å²) in [6.07, 6.45) is 0.986. The number of carbonyl (C=O) groups excluding carboxylic acids is 3. The summed E-state index contributed by atoms with van der Waals surface area (Å²) in [6, 6.07) is 15.8. The number of likely N-dealkylation sites (tertiary alicyclic amines) is 1. The molecule has 2 aromatic carbocycles. The Hall–Kier alpha value is -3.55. The molecule has 4 rings (SSSR count). The summed E-state index contributed by atoms with van der Waals surface area (Å²) >= 11 is 0. The van der Waals surface area contributed by atoms with Gasteiger partial charge >= 0.3 is 12.0 Å². The van der Waals surface area contributed by atoms with Crippen LogP contribution in [0.2, 0.25) is 0 Å². The lowest BCUT2D eigenvalue weighted by Gasteiger charge is -2.44. The number of ether oxygens (including phenoxy) is 2. The van der Waals surface area contributed by atoms with Gasteiger partial charge in [0.05, 0.1) is 24.6 Å². The highest BCUT2D eigenvalue weighted by Crippen LogP contribution is 2.33. The van der Waals surface area contributed by atoms with Gasteiger partial charge in [0.2, 0.25) is 0 Å². The second-order valence-corrected chi connectivity index (χ2v) is 7.96. The summed E-state index contributed by atoms with van der Waals surface area (Å²) in [5, 5.41) is 5.94. The van der Waals surface area contributed by atoms with Crippen molar-refractivity contribution < 1.29 is 23.9 Å². The van der Waals surface area contributed by atoms with Gasteiger partial charge in [-0.05, 0) is 24.6 Å². The van der Waals surface area contributed by atoms with Crippen LogP contribution in [0.4, 0.5) is 4.79 Å². The Morgan fingerprint density at radius 1 is 1.12 bits per heavy atom. The van der Waals surface area contributed by atoms with Crippen molar-refractivity contribution in [2.75, 3.05) is 19.7 Å². The quantitative estimate of drug-likeness (QED) is 0.701. The van der Waals surface area contributed by atoms with E-state index >= 15 is 0 Å². The lowest BCUT2D eigenvalue weighted by atomic mass is 9.97. The zero-order valence-electron chi connectivity index (χ0n) is 18.0. The molecular weight excluding hydrogens is 410 g/mol. The van der Waals surface area contributed by atoms with Gasteiger partial charge in [0.15, 0.2) is 5.72 Å². The number of para-hydroxylation sites is 1. The molecule has 2 N–H and O–H groups in total. The molecule has 2 aliphatic heterocycles. The van der Waals surface area contributed by atoms with Crippen LogP contribution in [0.25, 0.3) is 0 Å². The second-order valence-electron chi connectivity index (χ2n) is 7.96. The number of nitrogens with zero attached hydrogens (tertiary/aromatic N) is 1. The van der Waals surface area contributed by atoms with E-state index in [2.05, 4.69) is 10.6 Å². The van der Waals surface area contributed by atoms with E-state index in [1.54, 1.807) is 30.0 Å². The SMILES string of the molecule is CCOC(=O)CC(NC(=O)N1CCC2(CC1)NC(=O)c1ccccc1O2)c1ccccc1.